The van der Waals surface area contributed by atoms with Gasteiger partial charge < -0.3 is 28.4 Å². The second-order valence-corrected chi connectivity index (χ2v) is 7.77. The first-order valence-electron chi connectivity index (χ1n) is 11.1. The molecule has 0 spiro atoms. The lowest BCUT2D eigenvalue weighted by atomic mass is 10.1. The van der Waals surface area contributed by atoms with Crippen molar-refractivity contribution in [2.75, 3.05) is 26.1 Å². The number of furan rings is 2. The number of benzene rings is 2. The molecule has 0 radical (unpaired) electrons. The van der Waals surface area contributed by atoms with Gasteiger partial charge in [-0.05, 0) is 54.6 Å². The van der Waals surface area contributed by atoms with Crippen LogP contribution in [0, 0.1) is 0 Å². The Kier molecular flexibility index (Phi) is 6.54. The second-order valence-electron chi connectivity index (χ2n) is 7.77. The van der Waals surface area contributed by atoms with Gasteiger partial charge in [-0.3, -0.25) is 4.79 Å². The molecular weight excluding hydrogens is 478 g/mol. The summed E-state index contributed by atoms with van der Waals surface area (Å²) >= 11 is 0. The quantitative estimate of drug-likeness (QED) is 0.295. The maximum Gasteiger partial charge on any atom is 0.338 e. The van der Waals surface area contributed by atoms with Crippen molar-refractivity contribution in [3.8, 4) is 34.4 Å². The molecule has 0 saturated heterocycles. The van der Waals surface area contributed by atoms with Crippen LogP contribution >= 0.6 is 0 Å². The van der Waals surface area contributed by atoms with Crippen molar-refractivity contribution < 1.29 is 32.6 Å². The highest BCUT2D eigenvalue weighted by atomic mass is 16.5. The van der Waals surface area contributed by atoms with Crippen LogP contribution in [0.2, 0.25) is 0 Å². The van der Waals surface area contributed by atoms with E-state index in [1.165, 1.54) is 20.5 Å². The number of esters is 1. The van der Waals surface area contributed by atoms with Gasteiger partial charge in [-0.25, -0.2) is 14.8 Å². The van der Waals surface area contributed by atoms with Crippen LogP contribution in [0.4, 0.5) is 5.69 Å². The third kappa shape index (κ3) is 4.98. The normalized spacial score (nSPS) is 10.8. The monoisotopic (exact) mass is 499 g/mol. The Bertz CT molecular complexity index is 1560. The molecule has 10 heteroatoms. The van der Waals surface area contributed by atoms with E-state index >= 15 is 0 Å². The molecule has 0 aliphatic heterocycles. The Balaban J connectivity index is 1.35. The molecule has 0 bridgehead atoms. The number of carbonyl (C=O) groups is 2. The number of anilines is 1. The summed E-state index contributed by atoms with van der Waals surface area (Å²) in [6.45, 7) is -0.502. The lowest BCUT2D eigenvalue weighted by Crippen LogP contribution is -2.21. The SMILES string of the molecule is COc1ccc(OC)c(NC(=O)COC(=O)c2ccc3nc(-c4ccco4)c(-c4ccco4)nc3c2)c1. The van der Waals surface area contributed by atoms with Gasteiger partial charge in [0.25, 0.3) is 5.91 Å². The van der Waals surface area contributed by atoms with E-state index in [9.17, 15) is 9.59 Å². The lowest BCUT2D eigenvalue weighted by molar-refractivity contribution is -0.119. The number of aromatic nitrogens is 2. The van der Waals surface area contributed by atoms with Gasteiger partial charge in [-0.15, -0.1) is 0 Å². The van der Waals surface area contributed by atoms with E-state index in [4.69, 9.17) is 23.0 Å². The maximum atomic E-state index is 12.7. The molecule has 0 atom stereocenters. The van der Waals surface area contributed by atoms with Crippen LogP contribution in [0.25, 0.3) is 33.9 Å². The highest BCUT2D eigenvalue weighted by molar-refractivity contribution is 5.98. The van der Waals surface area contributed by atoms with E-state index in [1.807, 2.05) is 0 Å². The van der Waals surface area contributed by atoms with Crippen molar-refractivity contribution >= 4 is 28.6 Å². The van der Waals surface area contributed by atoms with Gasteiger partial charge in [0.15, 0.2) is 18.1 Å². The van der Waals surface area contributed by atoms with Gasteiger partial charge in [-0.1, -0.05) is 0 Å². The number of methoxy groups -OCH3 is 2. The van der Waals surface area contributed by atoms with Crippen LogP contribution in [0.5, 0.6) is 11.5 Å². The van der Waals surface area contributed by atoms with Crippen LogP contribution < -0.4 is 14.8 Å². The third-order valence-corrected chi connectivity index (χ3v) is 5.42. The molecular formula is C27H21N3O7. The number of hydrogen-bond acceptors (Lipinski definition) is 9. The Hall–Kier alpha value is -5.12. The summed E-state index contributed by atoms with van der Waals surface area (Å²) in [6, 6.07) is 16.8. The van der Waals surface area contributed by atoms with E-state index in [2.05, 4.69) is 15.3 Å². The average Bonchev–Trinajstić information content (AvgIpc) is 3.65. The minimum atomic E-state index is -0.689. The molecule has 37 heavy (non-hydrogen) atoms. The minimum absolute atomic E-state index is 0.213. The van der Waals surface area contributed by atoms with E-state index in [0.717, 1.165) is 0 Å². The Morgan fingerprint density at radius 3 is 2.16 bits per heavy atom. The summed E-state index contributed by atoms with van der Waals surface area (Å²) < 4.78 is 26.7. The predicted octanol–water partition coefficient (Wildman–Crippen LogP) is 4.96. The third-order valence-electron chi connectivity index (χ3n) is 5.42. The number of fused-ring (bicyclic) bond motifs is 1. The largest absolute Gasteiger partial charge is 0.497 e. The van der Waals surface area contributed by atoms with Crippen molar-refractivity contribution in [2.45, 2.75) is 0 Å². The maximum absolute atomic E-state index is 12.7. The highest BCUT2D eigenvalue weighted by Gasteiger charge is 2.19. The molecule has 5 rings (SSSR count). The van der Waals surface area contributed by atoms with Gasteiger partial charge in [0.1, 0.15) is 22.9 Å². The minimum Gasteiger partial charge on any atom is -0.497 e. The van der Waals surface area contributed by atoms with Crippen molar-refractivity contribution in [3.63, 3.8) is 0 Å². The molecule has 3 aromatic heterocycles. The standard InChI is InChI=1S/C27H21N3O7/c1-33-17-8-10-21(34-2)20(14-17)28-24(31)15-37-27(32)16-7-9-18-19(13-16)30-26(23-6-4-12-36-23)25(29-18)22-5-3-11-35-22/h3-14H,15H2,1-2H3,(H,28,31). The summed E-state index contributed by atoms with van der Waals surface area (Å²) in [5.74, 6) is 0.778. The highest BCUT2D eigenvalue weighted by Crippen LogP contribution is 2.32. The predicted molar refractivity (Wildman–Crippen MR) is 133 cm³/mol. The number of amides is 1. The molecule has 0 aliphatic carbocycles. The van der Waals surface area contributed by atoms with Crippen LogP contribution in [0.1, 0.15) is 10.4 Å². The molecule has 0 fully saturated rings. The van der Waals surface area contributed by atoms with Gasteiger partial charge in [0, 0.05) is 6.07 Å². The summed E-state index contributed by atoms with van der Waals surface area (Å²) in [5.41, 5.74) is 2.56. The fraction of sp³-hybridized carbons (Fsp3) is 0.111. The molecule has 1 amide bonds. The molecule has 186 valence electrons. The van der Waals surface area contributed by atoms with E-state index in [0.29, 0.717) is 51.1 Å². The summed E-state index contributed by atoms with van der Waals surface area (Å²) in [5, 5.41) is 2.65. The van der Waals surface area contributed by atoms with Crippen LogP contribution in [-0.4, -0.2) is 42.7 Å². The van der Waals surface area contributed by atoms with Crippen molar-refractivity contribution in [1.29, 1.82) is 0 Å². The summed E-state index contributed by atoms with van der Waals surface area (Å²) in [4.78, 5) is 34.5. The van der Waals surface area contributed by atoms with E-state index in [-0.39, 0.29) is 5.56 Å². The van der Waals surface area contributed by atoms with E-state index < -0.39 is 18.5 Å². The first kappa shape index (κ1) is 23.6. The number of carbonyl (C=O) groups excluding carboxylic acids is 2. The fourth-order valence-corrected chi connectivity index (χ4v) is 3.66. The first-order chi connectivity index (χ1) is 18.1. The molecule has 0 unspecified atom stereocenters. The molecule has 3 heterocycles. The number of hydrogen-bond donors (Lipinski definition) is 1. The fourth-order valence-electron chi connectivity index (χ4n) is 3.66. The summed E-state index contributed by atoms with van der Waals surface area (Å²) in [7, 11) is 2.99. The molecule has 5 aromatic rings. The smallest absolute Gasteiger partial charge is 0.338 e. The number of nitrogens with one attached hydrogen (secondary N) is 1. The number of nitrogens with zero attached hydrogens (tertiary/aromatic N) is 2. The number of rotatable bonds is 8. The first-order valence-corrected chi connectivity index (χ1v) is 11.1. The number of ether oxygens (including phenoxy) is 3. The van der Waals surface area contributed by atoms with Crippen LogP contribution in [-0.2, 0) is 9.53 Å². The molecule has 0 saturated carbocycles. The van der Waals surface area contributed by atoms with Gasteiger partial charge in [0.2, 0.25) is 0 Å². The Morgan fingerprint density at radius 2 is 1.54 bits per heavy atom. The lowest BCUT2D eigenvalue weighted by Gasteiger charge is -2.12. The van der Waals surface area contributed by atoms with Crippen LogP contribution in [0.15, 0.2) is 82.0 Å². The van der Waals surface area contributed by atoms with Gasteiger partial charge in [-0.2, -0.15) is 0 Å². The van der Waals surface area contributed by atoms with Crippen molar-refractivity contribution in [1.82, 2.24) is 9.97 Å². The zero-order valence-corrected chi connectivity index (χ0v) is 19.9. The molecule has 2 aromatic carbocycles. The second kappa shape index (κ2) is 10.2. The van der Waals surface area contributed by atoms with Crippen molar-refractivity contribution in [2.24, 2.45) is 0 Å². The Morgan fingerprint density at radius 1 is 0.838 bits per heavy atom. The average molecular weight is 499 g/mol. The topological polar surface area (TPSA) is 126 Å². The van der Waals surface area contributed by atoms with Crippen molar-refractivity contribution in [3.05, 3.63) is 78.8 Å². The zero-order valence-electron chi connectivity index (χ0n) is 19.9. The van der Waals surface area contributed by atoms with Crippen LogP contribution in [0.3, 0.4) is 0 Å². The molecule has 10 nitrogen and oxygen atoms in total. The molecule has 0 aliphatic rings. The Labute approximate surface area is 210 Å². The van der Waals surface area contributed by atoms with E-state index in [1.54, 1.807) is 66.9 Å². The zero-order chi connectivity index (χ0) is 25.8. The summed E-state index contributed by atoms with van der Waals surface area (Å²) in [6.07, 6.45) is 3.08. The molecule has 1 N–H and O–H groups in total. The van der Waals surface area contributed by atoms with Gasteiger partial charge in [0.05, 0.1) is 49.0 Å². The van der Waals surface area contributed by atoms with Gasteiger partial charge >= 0.3 is 5.97 Å².